The number of aliphatic carboxylic acids is 1. The minimum absolute atomic E-state index is 0. The van der Waals surface area contributed by atoms with E-state index in [1.54, 1.807) is 0 Å². The summed E-state index contributed by atoms with van der Waals surface area (Å²) in [7, 11) is 0. The summed E-state index contributed by atoms with van der Waals surface area (Å²) in [4.78, 5) is 15.8. The van der Waals surface area contributed by atoms with Crippen LogP contribution in [0.1, 0.15) is 42.3 Å². The number of nitrogens with one attached hydrogen (secondary N) is 1. The maximum Gasteiger partial charge on any atom is 1.00 e. The Bertz CT molecular complexity index is 1420. The molecule has 2 atom stereocenters. The van der Waals surface area contributed by atoms with Gasteiger partial charge in [-0.15, -0.1) is 0 Å². The predicted octanol–water partition coefficient (Wildman–Crippen LogP) is 0.753. The topological polar surface area (TPSA) is 88.4 Å². The van der Waals surface area contributed by atoms with Crippen molar-refractivity contribution in [3.8, 4) is 17.2 Å². The molecule has 2 aliphatic heterocycles. The molecule has 0 aliphatic carbocycles. The molecule has 1 N–H and O–H groups in total. The molecule has 0 unspecified atom stereocenters. The number of hydrogen-bond donors (Lipinski definition) is 1. The number of carbonyl (C=O) groups is 1. The van der Waals surface area contributed by atoms with E-state index in [-0.39, 0.29) is 47.9 Å². The quantitative estimate of drug-likeness (QED) is 0.413. The number of anilines is 1. The molecular weight excluding hydrogens is 453 g/mol. The fraction of sp³-hybridized carbons (Fsp3) is 0.259. The molecule has 4 aromatic rings. The molecule has 172 valence electrons. The number of ether oxygens (including phenoxy) is 2. The van der Waals surface area contributed by atoms with Crippen LogP contribution in [0.5, 0.6) is 11.5 Å². The standard InChI is InChI=1S/C27H25N3O4.Na/c1-2-25-29-20-7-3-4-8-22(20)30(25)23-9-5-6-19-21(15-34-27(19)23)28-17-10-11-18-16(12-26(31)32)14-33-24(18)13-17;/h3-11,13,16,21,28H,2,12,14-15H2,1H3,(H,31,32);/q;+1/p-1/t16-,21-;/m1./s1. The number of para-hydroxylation sites is 3. The van der Waals surface area contributed by atoms with Gasteiger partial charge in [0.05, 0.1) is 29.4 Å². The van der Waals surface area contributed by atoms with Crippen LogP contribution in [0.4, 0.5) is 5.69 Å². The maximum atomic E-state index is 11.0. The Morgan fingerprint density at radius 1 is 1.09 bits per heavy atom. The van der Waals surface area contributed by atoms with E-state index in [1.165, 1.54) is 0 Å². The molecule has 8 heteroatoms. The summed E-state index contributed by atoms with van der Waals surface area (Å²) in [6, 6.07) is 20.2. The van der Waals surface area contributed by atoms with Crippen LogP contribution in [0.3, 0.4) is 0 Å². The number of carboxylic acids is 1. The van der Waals surface area contributed by atoms with Crippen molar-refractivity contribution in [1.82, 2.24) is 9.55 Å². The third kappa shape index (κ3) is 4.18. The fourth-order valence-electron chi connectivity index (χ4n) is 5.05. The van der Waals surface area contributed by atoms with E-state index in [0.717, 1.165) is 57.3 Å². The van der Waals surface area contributed by atoms with Gasteiger partial charge >= 0.3 is 29.6 Å². The second kappa shape index (κ2) is 9.57. The average Bonchev–Trinajstić information content (AvgIpc) is 3.54. The summed E-state index contributed by atoms with van der Waals surface area (Å²) < 4.78 is 14.2. The molecule has 0 saturated heterocycles. The van der Waals surface area contributed by atoms with E-state index >= 15 is 0 Å². The monoisotopic (exact) mass is 477 g/mol. The second-order valence-corrected chi connectivity index (χ2v) is 8.75. The van der Waals surface area contributed by atoms with Gasteiger partial charge in [0.2, 0.25) is 0 Å². The molecule has 0 radical (unpaired) electrons. The van der Waals surface area contributed by atoms with Crippen molar-refractivity contribution in [1.29, 1.82) is 0 Å². The Morgan fingerprint density at radius 2 is 1.94 bits per heavy atom. The van der Waals surface area contributed by atoms with Crippen LogP contribution in [0.15, 0.2) is 60.7 Å². The van der Waals surface area contributed by atoms with E-state index in [2.05, 4.69) is 41.1 Å². The summed E-state index contributed by atoms with van der Waals surface area (Å²) in [5.41, 5.74) is 5.94. The summed E-state index contributed by atoms with van der Waals surface area (Å²) >= 11 is 0. The Kier molecular flexibility index (Phi) is 6.49. The first-order valence-corrected chi connectivity index (χ1v) is 11.6. The summed E-state index contributed by atoms with van der Waals surface area (Å²) in [5.74, 6) is 1.36. The van der Waals surface area contributed by atoms with Crippen LogP contribution in [-0.2, 0) is 11.2 Å². The first-order valence-electron chi connectivity index (χ1n) is 11.6. The molecule has 0 saturated carbocycles. The van der Waals surface area contributed by atoms with E-state index in [9.17, 15) is 9.90 Å². The number of carbonyl (C=O) groups excluding carboxylic acids is 1. The van der Waals surface area contributed by atoms with Gasteiger partial charge in [0.25, 0.3) is 0 Å². The van der Waals surface area contributed by atoms with Crippen molar-refractivity contribution in [2.24, 2.45) is 0 Å². The van der Waals surface area contributed by atoms with Gasteiger partial charge in [0, 0.05) is 41.2 Å². The number of nitrogens with zero attached hydrogens (tertiary/aromatic N) is 2. The van der Waals surface area contributed by atoms with Gasteiger partial charge in [-0.2, -0.15) is 0 Å². The summed E-state index contributed by atoms with van der Waals surface area (Å²) in [5, 5.41) is 14.6. The van der Waals surface area contributed by atoms with Crippen molar-refractivity contribution in [3.05, 3.63) is 77.6 Å². The Hall–Kier alpha value is -3.00. The maximum absolute atomic E-state index is 11.0. The molecule has 3 heterocycles. The Morgan fingerprint density at radius 3 is 2.77 bits per heavy atom. The zero-order valence-electron chi connectivity index (χ0n) is 19.8. The molecule has 0 spiro atoms. The van der Waals surface area contributed by atoms with Crippen molar-refractivity contribution >= 4 is 22.7 Å². The zero-order chi connectivity index (χ0) is 23.2. The van der Waals surface area contributed by atoms with Crippen LogP contribution in [0.25, 0.3) is 16.7 Å². The third-order valence-electron chi connectivity index (χ3n) is 6.63. The third-order valence-corrected chi connectivity index (χ3v) is 6.63. The van der Waals surface area contributed by atoms with Crippen LogP contribution < -0.4 is 49.5 Å². The number of hydrogen-bond acceptors (Lipinski definition) is 6. The van der Waals surface area contributed by atoms with Crippen LogP contribution in [0.2, 0.25) is 0 Å². The van der Waals surface area contributed by atoms with Gasteiger partial charge in [0.15, 0.2) is 0 Å². The SMILES string of the molecule is CCc1nc2ccccc2n1-c1cccc2c1OC[C@H]2Nc1ccc2c(c1)OC[C@H]2CC(=O)[O-].[Na+]. The van der Waals surface area contributed by atoms with E-state index in [4.69, 9.17) is 14.5 Å². The number of aromatic nitrogens is 2. The van der Waals surface area contributed by atoms with Crippen molar-refractivity contribution < 1.29 is 48.9 Å². The smallest absolute Gasteiger partial charge is 0.550 e. The number of rotatable bonds is 6. The number of fused-ring (bicyclic) bond motifs is 3. The van der Waals surface area contributed by atoms with Crippen molar-refractivity contribution in [3.63, 3.8) is 0 Å². The van der Waals surface area contributed by atoms with Gasteiger partial charge in [-0.05, 0) is 30.7 Å². The van der Waals surface area contributed by atoms with E-state index < -0.39 is 5.97 Å². The fourth-order valence-corrected chi connectivity index (χ4v) is 5.05. The minimum Gasteiger partial charge on any atom is -0.550 e. The molecular formula is C27H24N3NaO4. The second-order valence-electron chi connectivity index (χ2n) is 8.75. The Labute approximate surface area is 225 Å². The van der Waals surface area contributed by atoms with Gasteiger partial charge in [0.1, 0.15) is 23.9 Å². The molecule has 3 aromatic carbocycles. The predicted molar refractivity (Wildman–Crippen MR) is 127 cm³/mol. The Balaban J connectivity index is 0.00000253. The summed E-state index contributed by atoms with van der Waals surface area (Å²) in [6.07, 6.45) is 0.781. The molecule has 2 aliphatic rings. The number of carboxylic acid groups (broad SMARTS) is 1. The number of aryl methyl sites for hydroxylation is 1. The van der Waals surface area contributed by atoms with Crippen LogP contribution in [-0.4, -0.2) is 28.7 Å². The largest absolute Gasteiger partial charge is 1.00 e. The van der Waals surface area contributed by atoms with Crippen molar-refractivity contribution in [2.45, 2.75) is 31.7 Å². The number of benzene rings is 3. The van der Waals surface area contributed by atoms with Gasteiger partial charge in [-0.25, -0.2) is 4.98 Å². The van der Waals surface area contributed by atoms with Gasteiger partial charge in [-0.3, -0.25) is 4.57 Å². The number of imidazole rings is 1. The first-order chi connectivity index (χ1) is 16.6. The average molecular weight is 477 g/mol. The molecule has 35 heavy (non-hydrogen) atoms. The van der Waals surface area contributed by atoms with E-state index in [1.807, 2.05) is 36.4 Å². The van der Waals surface area contributed by atoms with Crippen LogP contribution in [0, 0.1) is 0 Å². The molecule has 1 aromatic heterocycles. The van der Waals surface area contributed by atoms with Crippen molar-refractivity contribution in [2.75, 3.05) is 18.5 Å². The normalized spacial score (nSPS) is 17.7. The van der Waals surface area contributed by atoms with Gasteiger partial charge in [-0.1, -0.05) is 37.3 Å². The molecule has 7 nitrogen and oxygen atoms in total. The first kappa shape index (κ1) is 23.7. The van der Waals surface area contributed by atoms with Crippen LogP contribution >= 0.6 is 0 Å². The zero-order valence-corrected chi connectivity index (χ0v) is 21.8. The minimum atomic E-state index is -1.06. The molecule has 0 amide bonds. The van der Waals surface area contributed by atoms with Gasteiger partial charge < -0.3 is 24.7 Å². The molecule has 6 rings (SSSR count). The molecule has 0 fully saturated rings. The molecule has 0 bridgehead atoms. The summed E-state index contributed by atoms with van der Waals surface area (Å²) in [6.45, 7) is 2.98. The van der Waals surface area contributed by atoms with E-state index in [0.29, 0.717) is 13.2 Å².